The van der Waals surface area contributed by atoms with Gasteiger partial charge in [0.15, 0.2) is 6.29 Å². The molecule has 0 aromatic rings. The number of hydrogen-bond acceptors (Lipinski definition) is 8. The zero-order valence-corrected chi connectivity index (χ0v) is 16.4. The smallest absolute Gasteiger partial charge is 0.186 e. The number of aliphatic hydroxyl groups excluding tert-OH is 6. The molecule has 0 radical (unpaired) electrons. The van der Waals surface area contributed by atoms with Crippen LogP contribution in [-0.2, 0) is 9.47 Å². The molecule has 0 spiro atoms. The Morgan fingerprint density at radius 2 is 1.78 bits per heavy atom. The Bertz CT molecular complexity index is 457. The first-order valence-electron chi connectivity index (χ1n) is 9.85. The summed E-state index contributed by atoms with van der Waals surface area (Å²) in [5, 5.41) is 58.0. The molecule has 0 bridgehead atoms. The molecular weight excluding hydrogens is 356 g/mol. The van der Waals surface area contributed by atoms with Gasteiger partial charge in [0.1, 0.15) is 24.4 Å². The summed E-state index contributed by atoms with van der Waals surface area (Å²) in [6.45, 7) is 5.70. The molecule has 27 heavy (non-hydrogen) atoms. The van der Waals surface area contributed by atoms with Crippen LogP contribution in [-0.4, -0.2) is 86.8 Å². The first kappa shape index (κ1) is 23.0. The van der Waals surface area contributed by atoms with E-state index in [0.717, 1.165) is 12.8 Å². The molecule has 1 unspecified atom stereocenters. The second-order valence-electron chi connectivity index (χ2n) is 8.88. The first-order valence-corrected chi connectivity index (χ1v) is 9.85. The maximum Gasteiger partial charge on any atom is 0.186 e. The monoisotopic (exact) mass is 392 g/mol. The minimum atomic E-state index is -1.44. The van der Waals surface area contributed by atoms with E-state index in [-0.39, 0.29) is 18.1 Å². The van der Waals surface area contributed by atoms with Crippen LogP contribution in [0.2, 0.25) is 0 Å². The van der Waals surface area contributed by atoms with Crippen LogP contribution in [0.15, 0.2) is 0 Å². The van der Waals surface area contributed by atoms with Crippen LogP contribution in [0.25, 0.3) is 0 Å². The molecule has 1 heterocycles. The maximum atomic E-state index is 10.2. The highest BCUT2D eigenvalue weighted by Gasteiger charge is 2.47. The van der Waals surface area contributed by atoms with Crippen molar-refractivity contribution in [2.45, 2.75) is 89.4 Å². The van der Waals surface area contributed by atoms with Crippen molar-refractivity contribution in [3.8, 4) is 0 Å². The third-order valence-corrected chi connectivity index (χ3v) is 6.28. The van der Waals surface area contributed by atoms with E-state index in [1.54, 1.807) is 0 Å². The molecule has 2 aliphatic rings. The molecule has 0 aromatic heterocycles. The lowest BCUT2D eigenvalue weighted by atomic mass is 9.61. The highest BCUT2D eigenvalue weighted by atomic mass is 16.7. The topological polar surface area (TPSA) is 140 Å². The third-order valence-electron chi connectivity index (χ3n) is 6.28. The quantitative estimate of drug-likeness (QED) is 0.337. The van der Waals surface area contributed by atoms with Crippen LogP contribution < -0.4 is 0 Å². The predicted molar refractivity (Wildman–Crippen MR) is 96.6 cm³/mol. The van der Waals surface area contributed by atoms with Crippen molar-refractivity contribution in [3.63, 3.8) is 0 Å². The van der Waals surface area contributed by atoms with E-state index in [4.69, 9.17) is 14.6 Å². The summed E-state index contributed by atoms with van der Waals surface area (Å²) in [5.41, 5.74) is -0.0777. The number of hydrogen-bond donors (Lipinski definition) is 6. The molecular formula is C19H36O8. The lowest BCUT2D eigenvalue weighted by Crippen LogP contribution is -2.60. The normalized spacial score (nSPS) is 43.4. The highest BCUT2D eigenvalue weighted by Crippen LogP contribution is 2.47. The van der Waals surface area contributed by atoms with Gasteiger partial charge in [-0.1, -0.05) is 20.8 Å². The minimum absolute atomic E-state index is 0.0777. The summed E-state index contributed by atoms with van der Waals surface area (Å²) in [6, 6.07) is 0. The minimum Gasteiger partial charge on any atom is -0.394 e. The lowest BCUT2D eigenvalue weighted by Gasteiger charge is -2.48. The fraction of sp³-hybridized carbons (Fsp3) is 1.00. The van der Waals surface area contributed by atoms with E-state index in [2.05, 4.69) is 20.8 Å². The fourth-order valence-electron chi connectivity index (χ4n) is 4.78. The molecule has 1 aliphatic heterocycles. The fourth-order valence-corrected chi connectivity index (χ4v) is 4.78. The van der Waals surface area contributed by atoms with Gasteiger partial charge in [-0.15, -0.1) is 0 Å². The highest BCUT2D eigenvalue weighted by molar-refractivity contribution is 4.93. The molecule has 8 nitrogen and oxygen atoms in total. The molecule has 0 aromatic carbocycles. The lowest BCUT2D eigenvalue weighted by molar-refractivity contribution is -0.316. The van der Waals surface area contributed by atoms with Gasteiger partial charge in [0.05, 0.1) is 25.4 Å². The van der Waals surface area contributed by atoms with Crippen molar-refractivity contribution in [3.05, 3.63) is 0 Å². The Kier molecular flexibility index (Phi) is 8.04. The summed E-state index contributed by atoms with van der Waals surface area (Å²) in [4.78, 5) is 0. The van der Waals surface area contributed by atoms with Crippen LogP contribution in [0.1, 0.15) is 46.5 Å². The average molecular weight is 392 g/mol. The Morgan fingerprint density at radius 3 is 2.33 bits per heavy atom. The van der Waals surface area contributed by atoms with Gasteiger partial charge < -0.3 is 40.1 Å². The van der Waals surface area contributed by atoms with Crippen LogP contribution in [0, 0.1) is 17.3 Å². The van der Waals surface area contributed by atoms with E-state index >= 15 is 0 Å². The van der Waals surface area contributed by atoms with E-state index in [1.165, 1.54) is 0 Å². The molecule has 2 fully saturated rings. The number of aliphatic hydroxyl groups is 6. The zero-order chi connectivity index (χ0) is 20.4. The Labute approximate surface area is 160 Å². The summed E-state index contributed by atoms with van der Waals surface area (Å²) in [6.07, 6.45) is -4.40. The Balaban J connectivity index is 1.99. The van der Waals surface area contributed by atoms with Crippen molar-refractivity contribution >= 4 is 0 Å². The molecule has 6 N–H and O–H groups in total. The largest absolute Gasteiger partial charge is 0.394 e. The Morgan fingerprint density at radius 1 is 1.11 bits per heavy atom. The SMILES string of the molecule is C[C@@H]1C[C@H](O[C@@H]2O[C@H](CO)[C@@H](O)[C@H](O)C2O)CC(C)(C)[C@H]1CC[C@H](O)CO. The Hall–Kier alpha value is -0.320. The molecule has 1 saturated heterocycles. The van der Waals surface area contributed by atoms with Crippen LogP contribution in [0.3, 0.4) is 0 Å². The summed E-state index contributed by atoms with van der Waals surface area (Å²) in [7, 11) is 0. The van der Waals surface area contributed by atoms with Gasteiger partial charge in [0.2, 0.25) is 0 Å². The van der Waals surface area contributed by atoms with Crippen molar-refractivity contribution in [1.82, 2.24) is 0 Å². The van der Waals surface area contributed by atoms with E-state index in [1.807, 2.05) is 0 Å². The second kappa shape index (κ2) is 9.45. The summed E-state index contributed by atoms with van der Waals surface area (Å²) in [5.74, 6) is 0.655. The molecule has 0 amide bonds. The number of rotatable bonds is 7. The van der Waals surface area contributed by atoms with Crippen molar-refractivity contribution in [1.29, 1.82) is 0 Å². The summed E-state index contributed by atoms with van der Waals surface area (Å²) < 4.78 is 11.4. The molecule has 1 saturated carbocycles. The second-order valence-corrected chi connectivity index (χ2v) is 8.88. The van der Waals surface area contributed by atoms with Crippen LogP contribution in [0.5, 0.6) is 0 Å². The maximum absolute atomic E-state index is 10.2. The predicted octanol–water partition coefficient (Wildman–Crippen LogP) is -0.623. The van der Waals surface area contributed by atoms with Gasteiger partial charge >= 0.3 is 0 Å². The van der Waals surface area contributed by atoms with Crippen molar-refractivity contribution in [2.24, 2.45) is 17.3 Å². The summed E-state index contributed by atoms with van der Waals surface area (Å²) >= 11 is 0. The molecule has 8 heteroatoms. The van der Waals surface area contributed by atoms with Gasteiger partial charge in [0, 0.05) is 0 Å². The van der Waals surface area contributed by atoms with Crippen molar-refractivity contribution in [2.75, 3.05) is 13.2 Å². The molecule has 9 atom stereocenters. The molecule has 160 valence electrons. The van der Waals surface area contributed by atoms with Crippen LogP contribution >= 0.6 is 0 Å². The standard InChI is InChI=1S/C19H36O8/c1-10-6-12(7-19(2,3)13(10)5-4-11(22)8-20)26-18-17(25)16(24)15(23)14(9-21)27-18/h10-18,20-25H,4-9H2,1-3H3/t10-,11+,12+,13+,14-,15-,16+,17?,18-/m1/s1. The van der Waals surface area contributed by atoms with E-state index < -0.39 is 43.4 Å². The van der Waals surface area contributed by atoms with Gasteiger partial charge in [-0.2, -0.15) is 0 Å². The third kappa shape index (κ3) is 5.39. The van der Waals surface area contributed by atoms with E-state index in [0.29, 0.717) is 24.7 Å². The van der Waals surface area contributed by atoms with Crippen LogP contribution in [0.4, 0.5) is 0 Å². The van der Waals surface area contributed by atoms with Gasteiger partial charge in [-0.3, -0.25) is 0 Å². The van der Waals surface area contributed by atoms with Gasteiger partial charge in [-0.25, -0.2) is 0 Å². The molecule has 2 rings (SSSR count). The number of ether oxygens (including phenoxy) is 2. The first-order chi connectivity index (χ1) is 12.6. The van der Waals surface area contributed by atoms with E-state index in [9.17, 15) is 25.5 Å². The zero-order valence-electron chi connectivity index (χ0n) is 16.4. The molecule has 1 aliphatic carbocycles. The van der Waals surface area contributed by atoms with Gasteiger partial charge in [0.25, 0.3) is 0 Å². The van der Waals surface area contributed by atoms with Crippen molar-refractivity contribution < 1.29 is 40.1 Å². The average Bonchev–Trinajstić information content (AvgIpc) is 2.60. The van der Waals surface area contributed by atoms with Gasteiger partial charge in [-0.05, 0) is 42.9 Å².